The molecule has 1 fully saturated rings. The van der Waals surface area contributed by atoms with Crippen LogP contribution in [0.15, 0.2) is 0 Å². The van der Waals surface area contributed by atoms with Crippen molar-refractivity contribution in [1.29, 1.82) is 0 Å². The van der Waals surface area contributed by atoms with Crippen molar-refractivity contribution < 1.29 is 9.16 Å². The van der Waals surface area contributed by atoms with Gasteiger partial charge < -0.3 is 9.16 Å². The Hall–Kier alpha value is 0.137. The molecular formula is C15H32O2Si. The van der Waals surface area contributed by atoms with E-state index in [1.54, 1.807) is 0 Å². The Morgan fingerprint density at radius 1 is 1.06 bits per heavy atom. The fraction of sp³-hybridized carbons (Fsp3) is 1.00. The van der Waals surface area contributed by atoms with E-state index in [1.165, 1.54) is 38.5 Å². The lowest BCUT2D eigenvalue weighted by Crippen LogP contribution is -2.40. The highest BCUT2D eigenvalue weighted by Gasteiger charge is 2.36. The lowest BCUT2D eigenvalue weighted by Gasteiger charge is -2.36. The maximum absolute atomic E-state index is 6.17. The fourth-order valence-corrected chi connectivity index (χ4v) is 2.87. The summed E-state index contributed by atoms with van der Waals surface area (Å²) in [4.78, 5) is 0. The first-order chi connectivity index (χ1) is 8.33. The molecule has 0 aromatic rings. The topological polar surface area (TPSA) is 21.8 Å². The van der Waals surface area contributed by atoms with Gasteiger partial charge >= 0.3 is 0 Å². The molecule has 0 unspecified atom stereocenters. The van der Waals surface area contributed by atoms with Crippen molar-refractivity contribution in [3.8, 4) is 0 Å². The van der Waals surface area contributed by atoms with Gasteiger partial charge in [-0.1, -0.05) is 46.5 Å². The maximum atomic E-state index is 6.17. The molecule has 0 saturated carbocycles. The molecule has 0 N–H and O–H groups in total. The summed E-state index contributed by atoms with van der Waals surface area (Å²) in [5.41, 5.74) is 0. The molecule has 0 aliphatic carbocycles. The van der Waals surface area contributed by atoms with Crippen molar-refractivity contribution >= 4 is 8.32 Å². The summed E-state index contributed by atoms with van der Waals surface area (Å²) in [7, 11) is -1.50. The monoisotopic (exact) mass is 272 g/mol. The smallest absolute Gasteiger partial charge is 0.191 e. The lowest BCUT2D eigenvalue weighted by molar-refractivity contribution is 0.277. The molecule has 0 radical (unpaired) electrons. The van der Waals surface area contributed by atoms with Gasteiger partial charge in [0, 0.05) is 6.61 Å². The first-order valence-electron chi connectivity index (χ1n) is 7.58. The van der Waals surface area contributed by atoms with E-state index < -0.39 is 8.32 Å². The Labute approximate surface area is 115 Å². The molecule has 1 aliphatic rings. The summed E-state index contributed by atoms with van der Waals surface area (Å²) in [5, 5.41) is 0.345. The van der Waals surface area contributed by atoms with Crippen LogP contribution in [0.3, 0.4) is 0 Å². The number of rotatable bonds is 9. The standard InChI is InChI=1S/C15H32O2Si/c1-15(2,3)18(4,5)17-12-10-8-6-7-9-11-14-13-16-14/h14H,6-13H2,1-5H3/t14-/m0/s1. The predicted molar refractivity (Wildman–Crippen MR) is 80.6 cm³/mol. The Bertz CT molecular complexity index is 229. The highest BCUT2D eigenvalue weighted by Crippen LogP contribution is 2.36. The highest BCUT2D eigenvalue weighted by atomic mass is 28.4. The van der Waals surface area contributed by atoms with Crippen molar-refractivity contribution in [3.63, 3.8) is 0 Å². The molecule has 3 heteroatoms. The van der Waals surface area contributed by atoms with Crippen LogP contribution in [0, 0.1) is 0 Å². The van der Waals surface area contributed by atoms with Crippen molar-refractivity contribution in [2.75, 3.05) is 13.2 Å². The zero-order valence-corrected chi connectivity index (χ0v) is 14.1. The van der Waals surface area contributed by atoms with E-state index in [2.05, 4.69) is 33.9 Å². The van der Waals surface area contributed by atoms with E-state index in [1.807, 2.05) is 0 Å². The molecule has 1 atom stereocenters. The number of epoxide rings is 1. The van der Waals surface area contributed by atoms with E-state index in [0.29, 0.717) is 11.1 Å². The number of ether oxygens (including phenoxy) is 1. The third-order valence-electron chi connectivity index (χ3n) is 4.34. The predicted octanol–water partition coefficient (Wildman–Crippen LogP) is 4.75. The first kappa shape index (κ1) is 16.2. The van der Waals surface area contributed by atoms with Gasteiger partial charge in [-0.3, -0.25) is 0 Å². The summed E-state index contributed by atoms with van der Waals surface area (Å²) in [6.45, 7) is 13.6. The number of hydrogen-bond donors (Lipinski definition) is 0. The van der Waals surface area contributed by atoms with Crippen LogP contribution < -0.4 is 0 Å². The number of unbranched alkanes of at least 4 members (excludes halogenated alkanes) is 4. The van der Waals surface area contributed by atoms with Gasteiger partial charge in [0.05, 0.1) is 12.7 Å². The molecule has 0 spiro atoms. The van der Waals surface area contributed by atoms with E-state index in [4.69, 9.17) is 9.16 Å². The highest BCUT2D eigenvalue weighted by molar-refractivity contribution is 6.74. The van der Waals surface area contributed by atoms with Gasteiger partial charge in [0.2, 0.25) is 0 Å². The van der Waals surface area contributed by atoms with Crippen molar-refractivity contribution in [2.24, 2.45) is 0 Å². The van der Waals surface area contributed by atoms with Gasteiger partial charge in [-0.05, 0) is 31.0 Å². The summed E-state index contributed by atoms with van der Waals surface area (Å²) in [5.74, 6) is 0. The molecule has 1 saturated heterocycles. The summed E-state index contributed by atoms with van der Waals surface area (Å²) < 4.78 is 11.4. The van der Waals surface area contributed by atoms with Crippen LogP contribution in [0.25, 0.3) is 0 Å². The molecule has 1 rings (SSSR count). The van der Waals surface area contributed by atoms with Gasteiger partial charge in [-0.15, -0.1) is 0 Å². The minimum Gasteiger partial charge on any atom is -0.417 e. The maximum Gasteiger partial charge on any atom is 0.191 e. The molecule has 1 heterocycles. The third kappa shape index (κ3) is 6.35. The molecule has 0 aromatic heterocycles. The van der Waals surface area contributed by atoms with E-state index in [9.17, 15) is 0 Å². The second-order valence-electron chi connectivity index (χ2n) is 7.12. The van der Waals surface area contributed by atoms with Crippen LogP contribution in [0.1, 0.15) is 59.3 Å². The average Bonchev–Trinajstić information content (AvgIpc) is 3.04. The lowest BCUT2D eigenvalue weighted by atomic mass is 10.1. The molecule has 1 aliphatic heterocycles. The number of hydrogen-bond acceptors (Lipinski definition) is 2. The Balaban J connectivity index is 1.91. The van der Waals surface area contributed by atoms with Gasteiger partial charge in [0.25, 0.3) is 0 Å². The zero-order chi connectivity index (χ0) is 13.6. The Morgan fingerprint density at radius 2 is 1.61 bits per heavy atom. The Morgan fingerprint density at radius 3 is 2.17 bits per heavy atom. The summed E-state index contributed by atoms with van der Waals surface area (Å²) in [6, 6.07) is 0. The second kappa shape index (κ2) is 7.06. The van der Waals surface area contributed by atoms with E-state index in [0.717, 1.165) is 13.2 Å². The molecule has 0 aromatic carbocycles. The van der Waals surface area contributed by atoms with Crippen molar-refractivity contribution in [2.45, 2.75) is 83.5 Å². The Kier molecular flexibility index (Phi) is 6.35. The van der Waals surface area contributed by atoms with E-state index >= 15 is 0 Å². The van der Waals surface area contributed by atoms with Crippen molar-refractivity contribution in [1.82, 2.24) is 0 Å². The van der Waals surface area contributed by atoms with Gasteiger partial charge in [0.15, 0.2) is 8.32 Å². The quantitative estimate of drug-likeness (QED) is 0.343. The molecule has 0 amide bonds. The van der Waals surface area contributed by atoms with Crippen LogP contribution in [0.5, 0.6) is 0 Å². The molecular weight excluding hydrogens is 240 g/mol. The minimum absolute atomic E-state index is 0.345. The molecule has 108 valence electrons. The zero-order valence-electron chi connectivity index (χ0n) is 13.1. The average molecular weight is 273 g/mol. The third-order valence-corrected chi connectivity index (χ3v) is 8.88. The van der Waals surface area contributed by atoms with Crippen LogP contribution >= 0.6 is 0 Å². The molecule has 2 nitrogen and oxygen atoms in total. The molecule has 18 heavy (non-hydrogen) atoms. The summed E-state index contributed by atoms with van der Waals surface area (Å²) >= 11 is 0. The van der Waals surface area contributed by atoms with Gasteiger partial charge in [-0.25, -0.2) is 0 Å². The molecule has 0 bridgehead atoms. The van der Waals surface area contributed by atoms with Crippen molar-refractivity contribution in [3.05, 3.63) is 0 Å². The van der Waals surface area contributed by atoms with Gasteiger partial charge in [0.1, 0.15) is 0 Å². The van der Waals surface area contributed by atoms with Crippen LogP contribution in [0.2, 0.25) is 18.1 Å². The van der Waals surface area contributed by atoms with Gasteiger partial charge in [-0.2, -0.15) is 0 Å². The fourth-order valence-electron chi connectivity index (χ4n) is 1.78. The SMILES string of the molecule is CC(C)(C)[Si](C)(C)OCCCCCCC[C@H]1CO1. The van der Waals surface area contributed by atoms with E-state index in [-0.39, 0.29) is 0 Å². The normalized spacial score (nSPS) is 20.2. The minimum atomic E-state index is -1.50. The van der Waals surface area contributed by atoms with Crippen LogP contribution in [-0.2, 0) is 9.16 Å². The first-order valence-corrected chi connectivity index (χ1v) is 10.5. The second-order valence-corrected chi connectivity index (χ2v) is 11.9. The van der Waals surface area contributed by atoms with Crippen LogP contribution in [-0.4, -0.2) is 27.6 Å². The summed E-state index contributed by atoms with van der Waals surface area (Å²) in [6.07, 6.45) is 8.50. The largest absolute Gasteiger partial charge is 0.417 e. The van der Waals surface area contributed by atoms with Crippen LogP contribution in [0.4, 0.5) is 0 Å².